The molecular weight excluding hydrogens is 362 g/mol. The number of aromatic nitrogens is 2. The Morgan fingerprint density at radius 2 is 1.89 bits per heavy atom. The fourth-order valence-corrected chi connectivity index (χ4v) is 3.26. The molecule has 0 spiro atoms. The number of rotatable bonds is 7. The molecule has 6 nitrogen and oxygen atoms in total. The van der Waals surface area contributed by atoms with Gasteiger partial charge in [0.2, 0.25) is 17.6 Å². The Morgan fingerprint density at radius 3 is 2.56 bits per heavy atom. The van der Waals surface area contributed by atoms with E-state index < -0.39 is 0 Å². The molecule has 140 valence electrons. The lowest BCUT2D eigenvalue weighted by atomic mass is 10.2. The molecule has 1 atom stereocenters. The van der Waals surface area contributed by atoms with Gasteiger partial charge < -0.3 is 14.6 Å². The monoisotopic (exact) mass is 383 g/mol. The van der Waals surface area contributed by atoms with E-state index in [4.69, 9.17) is 9.26 Å². The van der Waals surface area contributed by atoms with E-state index in [9.17, 15) is 4.79 Å². The molecule has 0 aliphatic carbocycles. The number of methoxy groups -OCH3 is 1. The number of nitrogens with one attached hydrogen (secondary N) is 1. The van der Waals surface area contributed by atoms with Crippen molar-refractivity contribution < 1.29 is 14.1 Å². The first-order chi connectivity index (χ1) is 13.0. The molecular formula is C20H21N3O3S. The molecule has 0 saturated carbocycles. The van der Waals surface area contributed by atoms with Crippen molar-refractivity contribution in [1.82, 2.24) is 15.5 Å². The number of carbonyl (C=O) groups excluding carboxylic acids is 1. The Labute approximate surface area is 162 Å². The van der Waals surface area contributed by atoms with E-state index in [1.165, 1.54) is 17.3 Å². The molecule has 1 N–H and O–H groups in total. The first-order valence-electron chi connectivity index (χ1n) is 8.53. The zero-order chi connectivity index (χ0) is 19.2. The summed E-state index contributed by atoms with van der Waals surface area (Å²) in [5, 5.41) is 6.57. The minimum atomic E-state index is -0.225. The summed E-state index contributed by atoms with van der Waals surface area (Å²) in [5.41, 5.74) is 2.01. The zero-order valence-corrected chi connectivity index (χ0v) is 16.2. The Bertz CT molecular complexity index is 892. The Morgan fingerprint density at radius 1 is 1.19 bits per heavy atom. The second kappa shape index (κ2) is 8.73. The van der Waals surface area contributed by atoms with Gasteiger partial charge in [0.25, 0.3) is 0 Å². The Kier molecular flexibility index (Phi) is 6.13. The summed E-state index contributed by atoms with van der Waals surface area (Å²) in [5.74, 6) is 1.52. The third kappa shape index (κ3) is 5.10. The zero-order valence-electron chi connectivity index (χ0n) is 15.4. The van der Waals surface area contributed by atoms with Gasteiger partial charge in [-0.3, -0.25) is 4.79 Å². The van der Waals surface area contributed by atoms with Crippen LogP contribution in [0.15, 0.2) is 57.9 Å². The van der Waals surface area contributed by atoms with E-state index in [0.29, 0.717) is 11.7 Å². The maximum atomic E-state index is 12.3. The average Bonchev–Trinajstić information content (AvgIpc) is 3.17. The molecule has 0 radical (unpaired) electrons. The van der Waals surface area contributed by atoms with Gasteiger partial charge in [0, 0.05) is 10.5 Å². The van der Waals surface area contributed by atoms with Crippen molar-refractivity contribution in [2.24, 2.45) is 0 Å². The average molecular weight is 383 g/mol. The van der Waals surface area contributed by atoms with E-state index >= 15 is 0 Å². The van der Waals surface area contributed by atoms with Crippen LogP contribution in [0.3, 0.4) is 0 Å². The van der Waals surface area contributed by atoms with Gasteiger partial charge in [-0.05, 0) is 50.2 Å². The molecule has 2 aromatic carbocycles. The summed E-state index contributed by atoms with van der Waals surface area (Å²) in [6.45, 7) is 4.10. The molecule has 27 heavy (non-hydrogen) atoms. The van der Waals surface area contributed by atoms with Crippen molar-refractivity contribution >= 4 is 17.7 Å². The highest BCUT2D eigenvalue weighted by Crippen LogP contribution is 2.24. The van der Waals surface area contributed by atoms with Crippen molar-refractivity contribution in [3.8, 4) is 17.1 Å². The summed E-state index contributed by atoms with van der Waals surface area (Å²) in [6, 6.07) is 15.5. The van der Waals surface area contributed by atoms with Gasteiger partial charge in [-0.25, -0.2) is 0 Å². The quantitative estimate of drug-likeness (QED) is 0.625. The minimum absolute atomic E-state index is 0.0789. The standard InChI is InChI=1S/C20H21N3O3S/c1-13-4-10-17(11-5-13)27-14(2)20(24)21-12-18-22-19(23-26-18)15-6-8-16(25-3)9-7-15/h4-11,14H,12H2,1-3H3,(H,21,24)/t14-/m1/s1. The van der Waals surface area contributed by atoms with E-state index in [2.05, 4.69) is 15.5 Å². The number of nitrogens with zero attached hydrogens (tertiary/aromatic N) is 2. The number of carbonyl (C=O) groups is 1. The highest BCUT2D eigenvalue weighted by atomic mass is 32.2. The van der Waals surface area contributed by atoms with Gasteiger partial charge in [0.15, 0.2) is 0 Å². The van der Waals surface area contributed by atoms with Crippen LogP contribution >= 0.6 is 11.8 Å². The third-order valence-corrected chi connectivity index (χ3v) is 5.05. The molecule has 1 amide bonds. The largest absolute Gasteiger partial charge is 0.497 e. The van der Waals surface area contributed by atoms with Gasteiger partial charge in [-0.1, -0.05) is 22.9 Å². The highest BCUT2D eigenvalue weighted by Gasteiger charge is 2.16. The van der Waals surface area contributed by atoms with Gasteiger partial charge in [0.05, 0.1) is 18.9 Å². The van der Waals surface area contributed by atoms with Crippen molar-refractivity contribution in [2.75, 3.05) is 7.11 Å². The normalized spacial score (nSPS) is 11.8. The number of ether oxygens (including phenoxy) is 1. The number of amides is 1. The van der Waals surface area contributed by atoms with Gasteiger partial charge in [0.1, 0.15) is 5.75 Å². The summed E-state index contributed by atoms with van der Waals surface area (Å²) < 4.78 is 10.4. The lowest BCUT2D eigenvalue weighted by Gasteiger charge is -2.10. The SMILES string of the molecule is COc1ccc(-c2noc(CNC(=O)[C@@H](C)Sc3ccc(C)cc3)n2)cc1. The van der Waals surface area contributed by atoms with Crippen LogP contribution in [0.4, 0.5) is 0 Å². The van der Waals surface area contributed by atoms with E-state index in [1.54, 1.807) is 7.11 Å². The molecule has 0 aliphatic rings. The van der Waals surface area contributed by atoms with Crippen LogP contribution in [0.1, 0.15) is 18.4 Å². The molecule has 1 aromatic heterocycles. The van der Waals surface area contributed by atoms with Gasteiger partial charge in [-0.15, -0.1) is 11.8 Å². The van der Waals surface area contributed by atoms with Crippen LogP contribution in [0.25, 0.3) is 11.4 Å². The number of thioether (sulfide) groups is 1. The van der Waals surface area contributed by atoms with Crippen LogP contribution in [0, 0.1) is 6.92 Å². The molecule has 0 fully saturated rings. The fraction of sp³-hybridized carbons (Fsp3) is 0.250. The highest BCUT2D eigenvalue weighted by molar-refractivity contribution is 8.00. The lowest BCUT2D eigenvalue weighted by molar-refractivity contribution is -0.120. The summed E-state index contributed by atoms with van der Waals surface area (Å²) in [7, 11) is 1.61. The maximum absolute atomic E-state index is 12.3. The summed E-state index contributed by atoms with van der Waals surface area (Å²) in [6.07, 6.45) is 0. The summed E-state index contributed by atoms with van der Waals surface area (Å²) >= 11 is 1.51. The Hall–Kier alpha value is -2.80. The van der Waals surface area contributed by atoms with Crippen LogP contribution < -0.4 is 10.1 Å². The topological polar surface area (TPSA) is 77.3 Å². The number of hydrogen-bond acceptors (Lipinski definition) is 6. The lowest BCUT2D eigenvalue weighted by Crippen LogP contribution is -2.30. The molecule has 0 unspecified atom stereocenters. The smallest absolute Gasteiger partial charge is 0.246 e. The molecule has 0 aliphatic heterocycles. The van der Waals surface area contributed by atoms with Crippen molar-refractivity contribution in [1.29, 1.82) is 0 Å². The van der Waals surface area contributed by atoms with Gasteiger partial charge in [-0.2, -0.15) is 4.98 Å². The predicted molar refractivity (Wildman–Crippen MR) is 105 cm³/mol. The first-order valence-corrected chi connectivity index (χ1v) is 9.41. The number of hydrogen-bond donors (Lipinski definition) is 1. The van der Waals surface area contributed by atoms with Gasteiger partial charge >= 0.3 is 0 Å². The van der Waals surface area contributed by atoms with Crippen molar-refractivity contribution in [2.45, 2.75) is 30.5 Å². The molecule has 1 heterocycles. The molecule has 0 bridgehead atoms. The van der Waals surface area contributed by atoms with Crippen LogP contribution in [-0.2, 0) is 11.3 Å². The van der Waals surface area contributed by atoms with Crippen LogP contribution in [-0.4, -0.2) is 28.4 Å². The molecule has 7 heteroatoms. The van der Waals surface area contributed by atoms with E-state index in [0.717, 1.165) is 16.2 Å². The van der Waals surface area contributed by atoms with Crippen LogP contribution in [0.5, 0.6) is 5.75 Å². The number of benzene rings is 2. The second-order valence-electron chi connectivity index (χ2n) is 6.03. The third-order valence-electron chi connectivity index (χ3n) is 3.93. The predicted octanol–water partition coefficient (Wildman–Crippen LogP) is 3.85. The second-order valence-corrected chi connectivity index (χ2v) is 7.45. The van der Waals surface area contributed by atoms with E-state index in [1.807, 2.05) is 62.4 Å². The maximum Gasteiger partial charge on any atom is 0.246 e. The van der Waals surface area contributed by atoms with Crippen molar-refractivity contribution in [3.63, 3.8) is 0 Å². The molecule has 0 saturated heterocycles. The molecule has 3 aromatic rings. The first kappa shape index (κ1) is 19.0. The minimum Gasteiger partial charge on any atom is -0.497 e. The summed E-state index contributed by atoms with van der Waals surface area (Å²) in [4.78, 5) is 17.7. The fourth-order valence-electron chi connectivity index (χ4n) is 2.36. The van der Waals surface area contributed by atoms with Crippen LogP contribution in [0.2, 0.25) is 0 Å². The van der Waals surface area contributed by atoms with Crippen molar-refractivity contribution in [3.05, 3.63) is 60.0 Å². The number of aryl methyl sites for hydroxylation is 1. The van der Waals surface area contributed by atoms with E-state index in [-0.39, 0.29) is 17.7 Å². The molecule has 3 rings (SSSR count). The Balaban J connectivity index is 1.54.